The normalized spacial score (nSPS) is 29.7. The van der Waals surface area contributed by atoms with E-state index >= 15 is 0 Å². The Labute approximate surface area is 70.3 Å². The second kappa shape index (κ2) is 2.15. The molecule has 2 rings (SSSR count). The molecule has 1 saturated heterocycles. The van der Waals surface area contributed by atoms with Gasteiger partial charge in [-0.3, -0.25) is 19.5 Å². The molecule has 64 valence electrons. The first-order valence-corrected chi connectivity index (χ1v) is 3.99. The maximum Gasteiger partial charge on any atom is 0.247 e. The molecule has 0 aromatic heterocycles. The molecule has 0 aliphatic carbocycles. The zero-order valence-electron chi connectivity index (χ0n) is 7.07. The predicted octanol–water partition coefficient (Wildman–Crippen LogP) is -0.166. The Morgan fingerprint density at radius 2 is 1.92 bits per heavy atom. The Bertz CT molecular complexity index is 279. The summed E-state index contributed by atoms with van der Waals surface area (Å²) < 4.78 is 0. The lowest BCUT2D eigenvalue weighted by Gasteiger charge is -2.37. The number of imide groups is 1. The van der Waals surface area contributed by atoms with Crippen molar-refractivity contribution in [1.29, 1.82) is 0 Å². The molecule has 2 aliphatic heterocycles. The third-order valence-electron chi connectivity index (χ3n) is 2.38. The van der Waals surface area contributed by atoms with Crippen LogP contribution in [0, 0.1) is 5.92 Å². The van der Waals surface area contributed by atoms with E-state index in [1.807, 2.05) is 6.92 Å². The van der Waals surface area contributed by atoms with E-state index in [-0.39, 0.29) is 11.8 Å². The van der Waals surface area contributed by atoms with Crippen molar-refractivity contribution in [3.05, 3.63) is 0 Å². The summed E-state index contributed by atoms with van der Waals surface area (Å²) in [6.45, 7) is 1.97. The monoisotopic (exact) mass is 166 g/mol. The summed E-state index contributed by atoms with van der Waals surface area (Å²) in [5.41, 5.74) is 0.774. The summed E-state index contributed by atoms with van der Waals surface area (Å²) in [6, 6.07) is 0.298. The largest absolute Gasteiger partial charge is 0.289 e. The maximum absolute atomic E-state index is 11.1. The van der Waals surface area contributed by atoms with Gasteiger partial charge in [0, 0.05) is 19.2 Å². The average Bonchev–Trinajstić information content (AvgIpc) is 2.01. The van der Waals surface area contributed by atoms with Crippen LogP contribution in [0.25, 0.3) is 0 Å². The number of hydrogen-bond donors (Lipinski definition) is 0. The van der Waals surface area contributed by atoms with Gasteiger partial charge in [0.2, 0.25) is 11.8 Å². The molecule has 4 nitrogen and oxygen atoms in total. The molecule has 0 N–H and O–H groups in total. The van der Waals surface area contributed by atoms with Gasteiger partial charge in [0.1, 0.15) is 0 Å². The SMILES string of the molecule is CC1CC(C2C(=O)N(C)C2=O)=N1. The standard InChI is InChI=1S/C8H10N2O2/c1-4-3-5(9-4)6-7(11)10(2)8(6)12/h4,6H,3H2,1-2H3. The van der Waals surface area contributed by atoms with Gasteiger partial charge in [0.25, 0.3) is 0 Å². The van der Waals surface area contributed by atoms with E-state index in [9.17, 15) is 9.59 Å². The number of carbonyl (C=O) groups excluding carboxylic acids is 2. The maximum atomic E-state index is 11.1. The highest BCUT2D eigenvalue weighted by Crippen LogP contribution is 2.27. The first-order chi connectivity index (χ1) is 5.61. The molecule has 0 aromatic carbocycles. The van der Waals surface area contributed by atoms with E-state index in [2.05, 4.69) is 4.99 Å². The van der Waals surface area contributed by atoms with Crippen LogP contribution < -0.4 is 0 Å². The summed E-state index contributed by atoms with van der Waals surface area (Å²) in [7, 11) is 1.50. The Kier molecular flexibility index (Phi) is 1.34. The van der Waals surface area contributed by atoms with Crippen LogP contribution in [0.4, 0.5) is 0 Å². The van der Waals surface area contributed by atoms with Crippen molar-refractivity contribution >= 4 is 17.5 Å². The lowest BCUT2D eigenvalue weighted by molar-refractivity contribution is -0.159. The fourth-order valence-corrected chi connectivity index (χ4v) is 1.58. The Balaban J connectivity index is 2.13. The van der Waals surface area contributed by atoms with Crippen molar-refractivity contribution in [3.63, 3.8) is 0 Å². The molecule has 12 heavy (non-hydrogen) atoms. The summed E-state index contributed by atoms with van der Waals surface area (Å²) in [5.74, 6) is -0.734. The molecule has 1 atom stereocenters. The number of hydrogen-bond acceptors (Lipinski definition) is 3. The van der Waals surface area contributed by atoms with Crippen LogP contribution in [-0.2, 0) is 9.59 Å². The molecule has 4 heteroatoms. The van der Waals surface area contributed by atoms with Crippen LogP contribution in [0.3, 0.4) is 0 Å². The number of nitrogens with zero attached hydrogens (tertiary/aromatic N) is 2. The third kappa shape index (κ3) is 0.748. The highest BCUT2D eigenvalue weighted by atomic mass is 16.2. The molecule has 2 aliphatic rings. The van der Waals surface area contributed by atoms with E-state index in [1.54, 1.807) is 0 Å². The number of aliphatic imine (C=N–C) groups is 1. The number of likely N-dealkylation sites (tertiary alicyclic amines) is 1. The number of β-lactam (4-membered cyclic amide) rings is 2. The van der Waals surface area contributed by atoms with Gasteiger partial charge >= 0.3 is 0 Å². The smallest absolute Gasteiger partial charge is 0.247 e. The first kappa shape index (κ1) is 7.46. The van der Waals surface area contributed by atoms with Crippen molar-refractivity contribution in [1.82, 2.24) is 4.90 Å². The van der Waals surface area contributed by atoms with Gasteiger partial charge < -0.3 is 0 Å². The van der Waals surface area contributed by atoms with Gasteiger partial charge in [-0.25, -0.2) is 0 Å². The second-order valence-corrected chi connectivity index (χ2v) is 3.34. The van der Waals surface area contributed by atoms with Crippen LogP contribution in [-0.4, -0.2) is 35.5 Å². The Morgan fingerprint density at radius 1 is 1.42 bits per heavy atom. The van der Waals surface area contributed by atoms with Gasteiger partial charge in [-0.05, 0) is 6.92 Å². The van der Waals surface area contributed by atoms with Gasteiger partial charge in [-0.15, -0.1) is 0 Å². The van der Waals surface area contributed by atoms with Crippen molar-refractivity contribution in [2.24, 2.45) is 10.9 Å². The Hall–Kier alpha value is -1.19. The molecular formula is C8H10N2O2. The molecule has 0 saturated carbocycles. The predicted molar refractivity (Wildman–Crippen MR) is 42.8 cm³/mol. The zero-order valence-corrected chi connectivity index (χ0v) is 7.07. The fourth-order valence-electron chi connectivity index (χ4n) is 1.58. The molecule has 0 aromatic rings. The van der Waals surface area contributed by atoms with Gasteiger partial charge in [-0.1, -0.05) is 0 Å². The molecule has 1 unspecified atom stereocenters. The molecule has 0 bridgehead atoms. The van der Waals surface area contributed by atoms with Gasteiger partial charge in [-0.2, -0.15) is 0 Å². The third-order valence-corrected chi connectivity index (χ3v) is 2.38. The Morgan fingerprint density at radius 3 is 2.33 bits per heavy atom. The number of carbonyl (C=O) groups is 2. The first-order valence-electron chi connectivity index (χ1n) is 3.99. The average molecular weight is 166 g/mol. The molecule has 2 amide bonds. The summed E-state index contributed by atoms with van der Waals surface area (Å²) in [6.07, 6.45) is 0.802. The van der Waals surface area contributed by atoms with Crippen LogP contribution in [0.1, 0.15) is 13.3 Å². The van der Waals surface area contributed by atoms with E-state index in [0.717, 1.165) is 17.0 Å². The van der Waals surface area contributed by atoms with Crippen LogP contribution in [0.15, 0.2) is 4.99 Å². The van der Waals surface area contributed by atoms with Crippen molar-refractivity contribution in [2.75, 3.05) is 7.05 Å². The highest BCUT2D eigenvalue weighted by Gasteiger charge is 2.49. The van der Waals surface area contributed by atoms with Gasteiger partial charge in [0.05, 0.1) is 6.04 Å². The minimum absolute atomic E-state index is 0.106. The molecule has 0 spiro atoms. The van der Waals surface area contributed by atoms with Crippen molar-refractivity contribution in [3.8, 4) is 0 Å². The topological polar surface area (TPSA) is 49.7 Å². The second-order valence-electron chi connectivity index (χ2n) is 3.34. The van der Waals surface area contributed by atoms with Crippen LogP contribution in [0.5, 0.6) is 0 Å². The van der Waals surface area contributed by atoms with E-state index < -0.39 is 5.92 Å². The number of rotatable bonds is 1. The lowest BCUT2D eigenvalue weighted by atomic mass is 9.85. The molecule has 2 heterocycles. The zero-order chi connectivity index (χ0) is 8.88. The summed E-state index contributed by atoms with van der Waals surface area (Å²) in [5, 5.41) is 0. The van der Waals surface area contributed by atoms with E-state index in [0.29, 0.717) is 6.04 Å². The quantitative estimate of drug-likeness (QED) is 0.401. The van der Waals surface area contributed by atoms with Crippen LogP contribution in [0.2, 0.25) is 0 Å². The summed E-state index contributed by atoms with van der Waals surface area (Å²) in [4.78, 5) is 27.6. The molecular weight excluding hydrogens is 156 g/mol. The highest BCUT2D eigenvalue weighted by molar-refractivity contribution is 6.31. The van der Waals surface area contributed by atoms with Crippen LogP contribution >= 0.6 is 0 Å². The van der Waals surface area contributed by atoms with Crippen molar-refractivity contribution < 1.29 is 9.59 Å². The minimum Gasteiger partial charge on any atom is -0.289 e. The molecule has 1 fully saturated rings. The molecule has 0 radical (unpaired) electrons. The van der Waals surface area contributed by atoms with Crippen molar-refractivity contribution in [2.45, 2.75) is 19.4 Å². The fraction of sp³-hybridized carbons (Fsp3) is 0.625. The van der Waals surface area contributed by atoms with Gasteiger partial charge in [0.15, 0.2) is 5.92 Å². The number of amides is 2. The lowest BCUT2D eigenvalue weighted by Crippen LogP contribution is -2.60. The summed E-state index contributed by atoms with van der Waals surface area (Å²) >= 11 is 0. The van der Waals surface area contributed by atoms with E-state index in [1.165, 1.54) is 7.05 Å². The van der Waals surface area contributed by atoms with E-state index in [4.69, 9.17) is 0 Å². The minimum atomic E-state index is -0.522.